The summed E-state index contributed by atoms with van der Waals surface area (Å²) in [6.45, 7) is 0.0733. The lowest BCUT2D eigenvalue weighted by Crippen LogP contribution is -2.29. The second-order valence-corrected chi connectivity index (χ2v) is 8.05. The molecule has 1 aliphatic carbocycles. The van der Waals surface area contributed by atoms with Crippen LogP contribution in [0.1, 0.15) is 31.5 Å². The molecule has 0 radical (unpaired) electrons. The van der Waals surface area contributed by atoms with Gasteiger partial charge in [0.2, 0.25) is 10.0 Å². The third-order valence-corrected chi connectivity index (χ3v) is 5.93. The molecule has 3 rings (SSSR count). The molecule has 2 heterocycles. The highest BCUT2D eigenvalue weighted by molar-refractivity contribution is 7.89. The van der Waals surface area contributed by atoms with E-state index >= 15 is 0 Å². The Bertz CT molecular complexity index is 673. The maximum absolute atomic E-state index is 12.0. The van der Waals surface area contributed by atoms with Gasteiger partial charge in [-0.2, -0.15) is 4.98 Å². The first-order valence-corrected chi connectivity index (χ1v) is 9.49. The fourth-order valence-corrected chi connectivity index (χ4v) is 4.61. The normalized spacial score (nSPS) is 16.6. The highest BCUT2D eigenvalue weighted by atomic mass is 32.2. The van der Waals surface area contributed by atoms with Gasteiger partial charge in [0.05, 0.1) is 17.2 Å². The predicted molar refractivity (Wildman–Crippen MR) is 80.2 cm³/mol. The number of sulfonamides is 1. The molecule has 2 aromatic rings. The van der Waals surface area contributed by atoms with Crippen LogP contribution in [0.4, 0.5) is 0 Å². The molecule has 0 aromatic carbocycles. The summed E-state index contributed by atoms with van der Waals surface area (Å²) in [5.74, 6) is 1.26. The lowest BCUT2D eigenvalue weighted by atomic mass is 10.1. The lowest BCUT2D eigenvalue weighted by Gasteiger charge is -2.09. The molecule has 21 heavy (non-hydrogen) atoms. The van der Waals surface area contributed by atoms with E-state index in [1.54, 1.807) is 0 Å². The number of rotatable bonds is 6. The molecule has 0 aliphatic heterocycles. The zero-order chi connectivity index (χ0) is 14.7. The van der Waals surface area contributed by atoms with Crippen LogP contribution >= 0.6 is 11.3 Å². The fraction of sp³-hybridized carbons (Fsp3) is 0.538. The van der Waals surface area contributed by atoms with E-state index in [1.807, 2.05) is 17.5 Å². The molecule has 0 atom stereocenters. The van der Waals surface area contributed by atoms with Crippen LogP contribution in [0.3, 0.4) is 0 Å². The van der Waals surface area contributed by atoms with E-state index in [9.17, 15) is 8.42 Å². The minimum Gasteiger partial charge on any atom is -0.333 e. The second-order valence-electron chi connectivity index (χ2n) is 5.25. The van der Waals surface area contributed by atoms with Crippen molar-refractivity contribution in [3.63, 3.8) is 0 Å². The van der Waals surface area contributed by atoms with E-state index in [1.165, 1.54) is 11.3 Å². The molecular weight excluding hydrogens is 310 g/mol. The van der Waals surface area contributed by atoms with E-state index < -0.39 is 10.0 Å². The Morgan fingerprint density at radius 3 is 2.90 bits per heavy atom. The van der Waals surface area contributed by atoms with Crippen LogP contribution in [0.25, 0.3) is 10.8 Å². The van der Waals surface area contributed by atoms with Crippen LogP contribution < -0.4 is 4.72 Å². The number of thiophene rings is 1. The zero-order valence-electron chi connectivity index (χ0n) is 11.5. The van der Waals surface area contributed by atoms with Gasteiger partial charge in [-0.15, -0.1) is 11.3 Å². The molecule has 6 nitrogen and oxygen atoms in total. The first kappa shape index (κ1) is 14.7. The zero-order valence-corrected chi connectivity index (χ0v) is 13.1. The molecule has 1 fully saturated rings. The Balaban J connectivity index is 1.57. The SMILES string of the molecule is O=S(=O)(CC1CCCC1)NCc1noc(-c2cccs2)n1. The molecular formula is C13H17N3O3S2. The van der Waals surface area contributed by atoms with E-state index in [-0.39, 0.29) is 18.2 Å². The van der Waals surface area contributed by atoms with Gasteiger partial charge in [-0.25, -0.2) is 13.1 Å². The van der Waals surface area contributed by atoms with Gasteiger partial charge in [-0.3, -0.25) is 0 Å². The van der Waals surface area contributed by atoms with Gasteiger partial charge in [-0.05, 0) is 30.2 Å². The van der Waals surface area contributed by atoms with Crippen molar-refractivity contribution in [1.29, 1.82) is 0 Å². The molecule has 0 unspecified atom stereocenters. The average molecular weight is 327 g/mol. The molecule has 2 aromatic heterocycles. The van der Waals surface area contributed by atoms with Gasteiger partial charge in [0, 0.05) is 0 Å². The molecule has 0 amide bonds. The maximum atomic E-state index is 12.0. The lowest BCUT2D eigenvalue weighted by molar-refractivity contribution is 0.422. The molecule has 1 aliphatic rings. The van der Waals surface area contributed by atoms with Crippen molar-refractivity contribution in [2.75, 3.05) is 5.75 Å². The van der Waals surface area contributed by atoms with Crippen molar-refractivity contribution >= 4 is 21.4 Å². The minimum atomic E-state index is -3.28. The highest BCUT2D eigenvalue weighted by Crippen LogP contribution is 2.26. The Hall–Kier alpha value is -1.25. The Morgan fingerprint density at radius 1 is 1.38 bits per heavy atom. The smallest absolute Gasteiger partial charge is 0.268 e. The van der Waals surface area contributed by atoms with Gasteiger partial charge < -0.3 is 4.52 Å². The van der Waals surface area contributed by atoms with Crippen LogP contribution in [0.2, 0.25) is 0 Å². The Labute approximate surface area is 127 Å². The van der Waals surface area contributed by atoms with Crippen LogP contribution in [0.5, 0.6) is 0 Å². The largest absolute Gasteiger partial charge is 0.333 e. The van der Waals surface area contributed by atoms with Crippen molar-refractivity contribution < 1.29 is 12.9 Å². The van der Waals surface area contributed by atoms with E-state index in [0.717, 1.165) is 30.6 Å². The second kappa shape index (κ2) is 6.25. The third kappa shape index (κ3) is 3.90. The number of aromatic nitrogens is 2. The number of hydrogen-bond donors (Lipinski definition) is 1. The van der Waals surface area contributed by atoms with E-state index in [2.05, 4.69) is 14.9 Å². The summed E-state index contributed by atoms with van der Waals surface area (Å²) in [5, 5.41) is 5.72. The summed E-state index contributed by atoms with van der Waals surface area (Å²) < 4.78 is 31.7. The number of hydrogen-bond acceptors (Lipinski definition) is 6. The van der Waals surface area contributed by atoms with Crippen LogP contribution in [-0.2, 0) is 16.6 Å². The van der Waals surface area contributed by atoms with Gasteiger partial charge in [0.1, 0.15) is 0 Å². The topological polar surface area (TPSA) is 85.1 Å². The molecule has 1 saturated carbocycles. The number of nitrogens with zero attached hydrogens (tertiary/aromatic N) is 2. The van der Waals surface area contributed by atoms with Crippen molar-refractivity contribution in [2.45, 2.75) is 32.2 Å². The molecule has 0 saturated heterocycles. The van der Waals surface area contributed by atoms with Crippen LogP contribution in [0, 0.1) is 5.92 Å². The maximum Gasteiger partial charge on any atom is 0.268 e. The van der Waals surface area contributed by atoms with Gasteiger partial charge in [-0.1, -0.05) is 24.1 Å². The van der Waals surface area contributed by atoms with Gasteiger partial charge in [0.15, 0.2) is 5.82 Å². The predicted octanol–water partition coefficient (Wildman–Crippen LogP) is 2.41. The van der Waals surface area contributed by atoms with Crippen LogP contribution in [0.15, 0.2) is 22.0 Å². The van der Waals surface area contributed by atoms with Crippen molar-refractivity contribution in [2.24, 2.45) is 5.92 Å². The first-order valence-electron chi connectivity index (χ1n) is 6.96. The van der Waals surface area contributed by atoms with Crippen molar-refractivity contribution in [1.82, 2.24) is 14.9 Å². The summed E-state index contributed by atoms with van der Waals surface area (Å²) in [6.07, 6.45) is 4.28. The minimum absolute atomic E-state index is 0.0733. The average Bonchev–Trinajstić information content (AvgIpc) is 3.18. The summed E-state index contributed by atoms with van der Waals surface area (Å²) in [7, 11) is -3.28. The molecule has 8 heteroatoms. The fourth-order valence-electron chi connectivity index (χ4n) is 2.55. The first-order chi connectivity index (χ1) is 10.1. The molecule has 1 N–H and O–H groups in total. The standard InChI is InChI=1S/C13H17N3O3S2/c17-21(18,9-10-4-1-2-5-10)14-8-12-15-13(19-16-12)11-6-3-7-20-11/h3,6-7,10,14H,1-2,4-5,8-9H2. The van der Waals surface area contributed by atoms with Gasteiger partial charge >= 0.3 is 0 Å². The summed E-state index contributed by atoms with van der Waals surface area (Å²) in [5.41, 5.74) is 0. The summed E-state index contributed by atoms with van der Waals surface area (Å²) in [6, 6.07) is 3.78. The van der Waals surface area contributed by atoms with E-state index in [4.69, 9.17) is 4.52 Å². The molecule has 0 bridgehead atoms. The highest BCUT2D eigenvalue weighted by Gasteiger charge is 2.22. The van der Waals surface area contributed by atoms with Crippen molar-refractivity contribution in [3.8, 4) is 10.8 Å². The third-order valence-electron chi connectivity index (χ3n) is 3.58. The number of nitrogens with one attached hydrogen (secondary N) is 1. The van der Waals surface area contributed by atoms with Crippen molar-refractivity contribution in [3.05, 3.63) is 23.3 Å². The Morgan fingerprint density at radius 2 is 2.19 bits per heavy atom. The summed E-state index contributed by atoms with van der Waals surface area (Å²) >= 11 is 1.50. The molecule has 114 valence electrons. The monoisotopic (exact) mass is 327 g/mol. The van der Waals surface area contributed by atoms with Gasteiger partial charge in [0.25, 0.3) is 5.89 Å². The quantitative estimate of drug-likeness (QED) is 0.880. The Kier molecular flexibility index (Phi) is 4.37. The van der Waals surface area contributed by atoms with Crippen LogP contribution in [-0.4, -0.2) is 24.3 Å². The molecule has 0 spiro atoms. The summed E-state index contributed by atoms with van der Waals surface area (Å²) in [4.78, 5) is 5.07. The van der Waals surface area contributed by atoms with E-state index in [0.29, 0.717) is 11.7 Å².